The molecule has 1 aromatic heterocycles. The second-order valence-corrected chi connectivity index (χ2v) is 10.8. The lowest BCUT2D eigenvalue weighted by atomic mass is 10.0. The number of carbonyl (C=O) groups is 3. The zero-order valence-electron chi connectivity index (χ0n) is 20.5. The van der Waals surface area contributed by atoms with Gasteiger partial charge in [-0.1, -0.05) is 18.2 Å². The number of ether oxygens (including phenoxy) is 1. The Balaban J connectivity index is 1.57. The number of carbonyl (C=O) groups excluding carboxylic acids is 3. The number of nitrogens with zero attached hydrogens (tertiary/aromatic N) is 3. The van der Waals surface area contributed by atoms with E-state index in [-0.39, 0.29) is 17.9 Å². The molecule has 1 N–H and O–H groups in total. The molecule has 0 spiro atoms. The molecule has 39 heavy (non-hydrogen) atoms. The molecule has 0 radical (unpaired) electrons. The molecule has 0 unspecified atom stereocenters. The first-order valence-corrected chi connectivity index (χ1v) is 12.8. The van der Waals surface area contributed by atoms with Crippen molar-refractivity contribution >= 4 is 39.2 Å². The van der Waals surface area contributed by atoms with Crippen molar-refractivity contribution in [2.24, 2.45) is 0 Å². The Labute approximate surface area is 220 Å². The van der Waals surface area contributed by atoms with Crippen LogP contribution in [0.1, 0.15) is 19.4 Å². The van der Waals surface area contributed by atoms with Gasteiger partial charge in [0.15, 0.2) is 0 Å². The topological polar surface area (TPSA) is 126 Å². The Hall–Kier alpha value is -4.46. The van der Waals surface area contributed by atoms with Crippen molar-refractivity contribution in [3.8, 4) is 5.75 Å². The van der Waals surface area contributed by atoms with Crippen LogP contribution in [-0.2, 0) is 21.2 Å². The van der Waals surface area contributed by atoms with Gasteiger partial charge < -0.3 is 9.64 Å². The van der Waals surface area contributed by atoms with Crippen LogP contribution in [0, 0.1) is 0 Å². The van der Waals surface area contributed by atoms with E-state index in [0.29, 0.717) is 23.4 Å². The van der Waals surface area contributed by atoms with Crippen LogP contribution < -0.4 is 15.0 Å². The molecule has 4 amide bonds. The first-order valence-electron chi connectivity index (χ1n) is 11.3. The highest BCUT2D eigenvalue weighted by Gasteiger charge is 2.52. The van der Waals surface area contributed by atoms with E-state index in [0.717, 1.165) is 17.0 Å². The van der Waals surface area contributed by atoms with Gasteiger partial charge in [-0.3, -0.25) is 15.1 Å². The maximum atomic E-state index is 13.4. The molecule has 2 aromatic carbocycles. The Morgan fingerprint density at radius 3 is 2.28 bits per heavy atom. The minimum Gasteiger partial charge on any atom is -0.410 e. The second kappa shape index (κ2) is 10.0. The number of benzene rings is 2. The zero-order chi connectivity index (χ0) is 28.6. The predicted octanol–water partition coefficient (Wildman–Crippen LogP) is 4.73. The number of alkyl halides is 3. The van der Waals surface area contributed by atoms with Crippen molar-refractivity contribution in [3.63, 3.8) is 0 Å². The Morgan fingerprint density at radius 1 is 1.03 bits per heavy atom. The minimum atomic E-state index is -5.60. The standard InChI is InChI=1S/C25H21F3N4O6S/c1-24(2)21(33)32(17-8-10-19(11-9-17)39(36,37)25(26,27)28)23(35)31(24)15-16-12-13-29-14-20(16)30-22(34)38-18-6-4-3-5-7-18/h3-14H,15H2,1-2H3,(H,30,34). The summed E-state index contributed by atoms with van der Waals surface area (Å²) in [6.07, 6.45) is 1.96. The van der Waals surface area contributed by atoms with E-state index in [2.05, 4.69) is 10.3 Å². The summed E-state index contributed by atoms with van der Waals surface area (Å²) in [5.41, 5.74) is -6.39. The van der Waals surface area contributed by atoms with Crippen LogP contribution in [0.25, 0.3) is 0 Å². The Bertz CT molecular complexity index is 1530. The normalized spacial score (nSPS) is 15.4. The number of imide groups is 1. The molecule has 0 aliphatic carbocycles. The largest absolute Gasteiger partial charge is 0.501 e. The minimum absolute atomic E-state index is 0.110. The Kier molecular flexibility index (Phi) is 7.08. The highest BCUT2D eigenvalue weighted by molar-refractivity contribution is 7.92. The lowest BCUT2D eigenvalue weighted by Gasteiger charge is -2.28. The summed E-state index contributed by atoms with van der Waals surface area (Å²) in [6, 6.07) is 12.3. The number of amides is 4. The molecule has 1 aliphatic heterocycles. The van der Waals surface area contributed by atoms with Gasteiger partial charge >= 0.3 is 17.6 Å². The molecule has 1 fully saturated rings. The van der Waals surface area contributed by atoms with Gasteiger partial charge in [0, 0.05) is 6.20 Å². The summed E-state index contributed by atoms with van der Waals surface area (Å²) in [6.45, 7) is 2.80. The maximum Gasteiger partial charge on any atom is 0.501 e. The van der Waals surface area contributed by atoms with E-state index >= 15 is 0 Å². The number of para-hydroxylation sites is 1. The zero-order valence-corrected chi connectivity index (χ0v) is 21.3. The van der Waals surface area contributed by atoms with Crippen molar-refractivity contribution in [1.29, 1.82) is 0 Å². The molecule has 204 valence electrons. The fraction of sp³-hybridized carbons (Fsp3) is 0.200. The lowest BCUT2D eigenvalue weighted by molar-refractivity contribution is -0.123. The van der Waals surface area contributed by atoms with Crippen molar-refractivity contribution in [2.75, 3.05) is 10.2 Å². The summed E-state index contributed by atoms with van der Waals surface area (Å²) in [4.78, 5) is 43.9. The number of halogens is 3. The molecule has 2 heterocycles. The third-order valence-corrected chi connectivity index (χ3v) is 7.47. The molecule has 10 nitrogen and oxygen atoms in total. The van der Waals surface area contributed by atoms with E-state index in [1.807, 2.05) is 0 Å². The van der Waals surface area contributed by atoms with Gasteiger partial charge in [-0.05, 0) is 61.9 Å². The number of anilines is 2. The summed E-state index contributed by atoms with van der Waals surface area (Å²) < 4.78 is 67.2. The number of nitrogens with one attached hydrogen (secondary N) is 1. The van der Waals surface area contributed by atoms with Crippen LogP contribution >= 0.6 is 0 Å². The van der Waals surface area contributed by atoms with E-state index in [4.69, 9.17) is 4.74 Å². The van der Waals surface area contributed by atoms with Gasteiger partial charge in [-0.2, -0.15) is 13.2 Å². The fourth-order valence-corrected chi connectivity index (χ4v) is 4.57. The van der Waals surface area contributed by atoms with Crippen molar-refractivity contribution in [3.05, 3.63) is 78.6 Å². The van der Waals surface area contributed by atoms with E-state index in [1.165, 1.54) is 37.2 Å². The van der Waals surface area contributed by atoms with Crippen molar-refractivity contribution in [1.82, 2.24) is 9.88 Å². The smallest absolute Gasteiger partial charge is 0.410 e. The third kappa shape index (κ3) is 5.27. The number of rotatable bonds is 6. The number of sulfone groups is 1. The van der Waals surface area contributed by atoms with Crippen LogP contribution in [0.2, 0.25) is 0 Å². The predicted molar refractivity (Wildman–Crippen MR) is 133 cm³/mol. The van der Waals surface area contributed by atoms with Crippen LogP contribution in [0.4, 0.5) is 34.1 Å². The number of hydrogen-bond acceptors (Lipinski definition) is 7. The highest BCUT2D eigenvalue weighted by atomic mass is 32.2. The molecule has 0 bridgehead atoms. The molecule has 14 heteroatoms. The molecule has 0 saturated carbocycles. The van der Waals surface area contributed by atoms with Crippen LogP contribution in [0.15, 0.2) is 78.0 Å². The average Bonchev–Trinajstić information content (AvgIpc) is 3.04. The number of aromatic nitrogens is 1. The van der Waals surface area contributed by atoms with Crippen LogP contribution in [-0.4, -0.2) is 47.4 Å². The number of urea groups is 1. The van der Waals surface area contributed by atoms with Gasteiger partial charge in [-0.25, -0.2) is 22.9 Å². The van der Waals surface area contributed by atoms with Crippen LogP contribution in [0.5, 0.6) is 5.75 Å². The third-order valence-electron chi connectivity index (χ3n) is 5.96. The summed E-state index contributed by atoms with van der Waals surface area (Å²) in [5, 5.41) is 2.55. The second-order valence-electron chi connectivity index (χ2n) is 8.87. The summed E-state index contributed by atoms with van der Waals surface area (Å²) >= 11 is 0. The first-order chi connectivity index (χ1) is 18.2. The van der Waals surface area contributed by atoms with Gasteiger partial charge in [0.05, 0.1) is 29.0 Å². The Morgan fingerprint density at radius 2 is 1.67 bits per heavy atom. The lowest BCUT2D eigenvalue weighted by Crippen LogP contribution is -2.43. The van der Waals surface area contributed by atoms with Gasteiger partial charge in [0.1, 0.15) is 11.3 Å². The fourth-order valence-electron chi connectivity index (χ4n) is 3.81. The van der Waals surface area contributed by atoms with Crippen LogP contribution in [0.3, 0.4) is 0 Å². The average molecular weight is 563 g/mol. The summed E-state index contributed by atoms with van der Waals surface area (Å²) in [5.74, 6) is -0.391. The SMILES string of the molecule is CC1(C)C(=O)N(c2ccc(S(=O)(=O)C(F)(F)F)cc2)C(=O)N1Cc1ccncc1NC(=O)Oc1ccccc1. The van der Waals surface area contributed by atoms with E-state index in [1.54, 1.807) is 30.3 Å². The van der Waals surface area contributed by atoms with Crippen molar-refractivity contribution in [2.45, 2.75) is 36.3 Å². The first kappa shape index (κ1) is 27.6. The number of pyridine rings is 1. The molecule has 3 aromatic rings. The highest BCUT2D eigenvalue weighted by Crippen LogP contribution is 2.36. The monoisotopic (exact) mass is 562 g/mol. The number of hydrogen-bond donors (Lipinski definition) is 1. The molecule has 1 saturated heterocycles. The quantitative estimate of drug-likeness (QED) is 0.431. The van der Waals surface area contributed by atoms with Gasteiger partial charge in [0.2, 0.25) is 0 Å². The van der Waals surface area contributed by atoms with Gasteiger partial charge in [-0.15, -0.1) is 0 Å². The van der Waals surface area contributed by atoms with Gasteiger partial charge in [0.25, 0.3) is 15.7 Å². The maximum absolute atomic E-state index is 13.4. The molecule has 1 aliphatic rings. The molecular formula is C25H21F3N4O6S. The molecule has 0 atom stereocenters. The van der Waals surface area contributed by atoms with E-state index in [9.17, 15) is 36.0 Å². The van der Waals surface area contributed by atoms with E-state index < -0.39 is 43.8 Å². The summed E-state index contributed by atoms with van der Waals surface area (Å²) in [7, 11) is -5.60. The molecular weight excluding hydrogens is 541 g/mol. The molecule has 4 rings (SSSR count). The van der Waals surface area contributed by atoms with Crippen molar-refractivity contribution < 1.29 is 40.7 Å².